The molecule has 1 amide bonds. The quantitative estimate of drug-likeness (QED) is 0.849. The summed E-state index contributed by atoms with van der Waals surface area (Å²) in [6.07, 6.45) is 1.90. The Morgan fingerprint density at radius 2 is 2.23 bits per heavy atom. The van der Waals surface area contributed by atoms with Crippen LogP contribution in [0.15, 0.2) is 24.3 Å². The van der Waals surface area contributed by atoms with Gasteiger partial charge in [0, 0.05) is 6.54 Å². The molecule has 4 heteroatoms. The van der Waals surface area contributed by atoms with Crippen molar-refractivity contribution in [2.45, 2.75) is 45.6 Å². The predicted octanol–water partition coefficient (Wildman–Crippen LogP) is 2.69. The van der Waals surface area contributed by atoms with E-state index in [1.54, 1.807) is 6.92 Å². The van der Waals surface area contributed by atoms with Gasteiger partial charge >= 0.3 is 0 Å². The first-order valence-corrected chi connectivity index (χ1v) is 8.31. The van der Waals surface area contributed by atoms with Crippen molar-refractivity contribution in [2.24, 2.45) is 5.92 Å². The van der Waals surface area contributed by atoms with Crippen LogP contribution in [0.1, 0.15) is 45.1 Å². The summed E-state index contributed by atoms with van der Waals surface area (Å²) in [7, 11) is 0. The summed E-state index contributed by atoms with van der Waals surface area (Å²) in [5.41, 5.74) is 1.22. The van der Waals surface area contributed by atoms with E-state index in [1.807, 2.05) is 18.2 Å². The Kier molecular flexibility index (Phi) is 6.25. The van der Waals surface area contributed by atoms with E-state index < -0.39 is 6.10 Å². The number of benzene rings is 1. The molecule has 1 fully saturated rings. The monoisotopic (exact) mass is 304 g/mol. The Hall–Kier alpha value is -1.55. The first-order valence-electron chi connectivity index (χ1n) is 8.31. The molecule has 0 bridgehead atoms. The van der Waals surface area contributed by atoms with Crippen molar-refractivity contribution < 1.29 is 9.53 Å². The van der Waals surface area contributed by atoms with Crippen LogP contribution >= 0.6 is 0 Å². The summed E-state index contributed by atoms with van der Waals surface area (Å²) in [5, 5.41) is 6.37. The molecule has 1 saturated heterocycles. The summed E-state index contributed by atoms with van der Waals surface area (Å²) in [4.78, 5) is 12.2. The number of hydrogen-bond acceptors (Lipinski definition) is 3. The molecule has 2 unspecified atom stereocenters. The fourth-order valence-corrected chi connectivity index (χ4v) is 2.69. The smallest absolute Gasteiger partial charge is 0.260 e. The van der Waals surface area contributed by atoms with Gasteiger partial charge in [-0.2, -0.15) is 0 Å². The molecule has 1 aromatic carbocycles. The summed E-state index contributed by atoms with van der Waals surface area (Å²) in [6, 6.07) is 7.97. The predicted molar refractivity (Wildman–Crippen MR) is 89.2 cm³/mol. The Balaban J connectivity index is 1.81. The van der Waals surface area contributed by atoms with Crippen LogP contribution in [0.25, 0.3) is 0 Å². The topological polar surface area (TPSA) is 50.4 Å². The third-order valence-corrected chi connectivity index (χ3v) is 4.17. The molecule has 0 aliphatic carbocycles. The zero-order chi connectivity index (χ0) is 15.9. The van der Waals surface area contributed by atoms with E-state index in [0.717, 1.165) is 25.4 Å². The highest BCUT2D eigenvalue weighted by Gasteiger charge is 2.18. The summed E-state index contributed by atoms with van der Waals surface area (Å²) in [6.45, 7) is 8.91. The van der Waals surface area contributed by atoms with Crippen molar-refractivity contribution in [3.8, 4) is 5.75 Å². The van der Waals surface area contributed by atoms with E-state index in [1.165, 1.54) is 18.4 Å². The van der Waals surface area contributed by atoms with Crippen LogP contribution in [0.5, 0.6) is 5.75 Å². The van der Waals surface area contributed by atoms with Crippen LogP contribution in [-0.4, -0.2) is 31.6 Å². The van der Waals surface area contributed by atoms with Crippen LogP contribution < -0.4 is 15.4 Å². The van der Waals surface area contributed by atoms with Gasteiger partial charge < -0.3 is 15.4 Å². The highest BCUT2D eigenvalue weighted by Crippen LogP contribution is 2.21. The van der Waals surface area contributed by atoms with Gasteiger partial charge in [-0.05, 0) is 62.4 Å². The molecular weight excluding hydrogens is 276 g/mol. The van der Waals surface area contributed by atoms with Gasteiger partial charge in [-0.3, -0.25) is 4.79 Å². The Labute approximate surface area is 133 Å². The number of hydrogen-bond donors (Lipinski definition) is 2. The molecule has 0 radical (unpaired) electrons. The molecular formula is C18H28N2O2. The van der Waals surface area contributed by atoms with E-state index in [0.29, 0.717) is 11.8 Å². The fraction of sp³-hybridized carbons (Fsp3) is 0.611. The number of piperidine rings is 1. The lowest BCUT2D eigenvalue weighted by molar-refractivity contribution is -0.127. The zero-order valence-electron chi connectivity index (χ0n) is 13.9. The number of carbonyl (C=O) groups excluding carboxylic acids is 1. The van der Waals surface area contributed by atoms with Crippen LogP contribution in [0.3, 0.4) is 0 Å². The SMILES string of the molecule is CC(Oc1cccc(C(C)C)c1)C(=O)NCC1CCCNC1. The van der Waals surface area contributed by atoms with E-state index in [4.69, 9.17) is 4.74 Å². The van der Waals surface area contributed by atoms with Crippen LogP contribution in [0.2, 0.25) is 0 Å². The first kappa shape index (κ1) is 16.8. The molecule has 122 valence electrons. The Morgan fingerprint density at radius 3 is 2.91 bits per heavy atom. The second kappa shape index (κ2) is 8.18. The van der Waals surface area contributed by atoms with Gasteiger partial charge in [0.2, 0.25) is 0 Å². The molecule has 1 heterocycles. The second-order valence-corrected chi connectivity index (χ2v) is 6.44. The molecule has 0 aromatic heterocycles. The van der Waals surface area contributed by atoms with Crippen LogP contribution in [-0.2, 0) is 4.79 Å². The molecule has 2 rings (SSSR count). The van der Waals surface area contributed by atoms with E-state index in [-0.39, 0.29) is 5.91 Å². The molecule has 2 N–H and O–H groups in total. The summed E-state index contributed by atoms with van der Waals surface area (Å²) >= 11 is 0. The first-order chi connectivity index (χ1) is 10.6. The number of ether oxygens (including phenoxy) is 1. The Bertz CT molecular complexity index is 482. The normalized spacial score (nSPS) is 19.7. The minimum Gasteiger partial charge on any atom is -0.481 e. The van der Waals surface area contributed by atoms with Crippen molar-refractivity contribution in [2.75, 3.05) is 19.6 Å². The largest absolute Gasteiger partial charge is 0.481 e. The van der Waals surface area contributed by atoms with E-state index in [9.17, 15) is 4.79 Å². The molecule has 4 nitrogen and oxygen atoms in total. The van der Waals surface area contributed by atoms with Gasteiger partial charge in [0.25, 0.3) is 5.91 Å². The second-order valence-electron chi connectivity index (χ2n) is 6.44. The maximum Gasteiger partial charge on any atom is 0.260 e. The van der Waals surface area contributed by atoms with Gasteiger partial charge in [0.1, 0.15) is 5.75 Å². The van der Waals surface area contributed by atoms with Crippen LogP contribution in [0, 0.1) is 5.92 Å². The standard InChI is InChI=1S/C18H28N2O2/c1-13(2)16-7-4-8-17(10-16)22-14(3)18(21)20-12-15-6-5-9-19-11-15/h4,7-8,10,13-15,19H,5-6,9,11-12H2,1-3H3,(H,20,21). The van der Waals surface area contributed by atoms with Gasteiger partial charge in [0.15, 0.2) is 6.10 Å². The highest BCUT2D eigenvalue weighted by molar-refractivity contribution is 5.80. The molecule has 2 atom stereocenters. The number of nitrogens with one attached hydrogen (secondary N) is 2. The molecule has 22 heavy (non-hydrogen) atoms. The third-order valence-electron chi connectivity index (χ3n) is 4.17. The molecule has 1 aromatic rings. The van der Waals surface area contributed by atoms with Crippen molar-refractivity contribution >= 4 is 5.91 Å². The molecule has 1 aliphatic rings. The Morgan fingerprint density at radius 1 is 1.41 bits per heavy atom. The minimum atomic E-state index is -0.473. The van der Waals surface area contributed by atoms with Crippen molar-refractivity contribution in [1.29, 1.82) is 0 Å². The summed E-state index contributed by atoms with van der Waals surface area (Å²) in [5.74, 6) is 1.70. The van der Waals surface area contributed by atoms with Gasteiger partial charge in [-0.1, -0.05) is 26.0 Å². The van der Waals surface area contributed by atoms with Crippen molar-refractivity contribution in [1.82, 2.24) is 10.6 Å². The molecule has 0 saturated carbocycles. The lowest BCUT2D eigenvalue weighted by Crippen LogP contribution is -2.42. The van der Waals surface area contributed by atoms with Crippen molar-refractivity contribution in [3.63, 3.8) is 0 Å². The van der Waals surface area contributed by atoms with Gasteiger partial charge in [-0.15, -0.1) is 0 Å². The minimum absolute atomic E-state index is 0.0412. The highest BCUT2D eigenvalue weighted by atomic mass is 16.5. The average Bonchev–Trinajstić information content (AvgIpc) is 2.53. The van der Waals surface area contributed by atoms with Gasteiger partial charge in [0.05, 0.1) is 0 Å². The number of carbonyl (C=O) groups is 1. The van der Waals surface area contributed by atoms with Crippen LogP contribution in [0.4, 0.5) is 0 Å². The maximum absolute atomic E-state index is 12.2. The van der Waals surface area contributed by atoms with Gasteiger partial charge in [-0.25, -0.2) is 0 Å². The lowest BCUT2D eigenvalue weighted by Gasteiger charge is -2.24. The summed E-state index contributed by atoms with van der Waals surface area (Å²) < 4.78 is 5.78. The van der Waals surface area contributed by atoms with E-state index in [2.05, 4.69) is 30.5 Å². The van der Waals surface area contributed by atoms with E-state index >= 15 is 0 Å². The zero-order valence-corrected chi connectivity index (χ0v) is 13.9. The lowest BCUT2D eigenvalue weighted by atomic mass is 10.00. The number of rotatable bonds is 6. The molecule has 1 aliphatic heterocycles. The molecule has 0 spiro atoms. The third kappa shape index (κ3) is 5.02. The number of amides is 1. The fourth-order valence-electron chi connectivity index (χ4n) is 2.69. The van der Waals surface area contributed by atoms with Crippen molar-refractivity contribution in [3.05, 3.63) is 29.8 Å². The average molecular weight is 304 g/mol. The maximum atomic E-state index is 12.2.